The Balaban J connectivity index is 1.65. The lowest BCUT2D eigenvalue weighted by atomic mass is 10.1. The number of pyridine rings is 1. The van der Waals surface area contributed by atoms with Crippen LogP contribution in [0.3, 0.4) is 0 Å². The van der Waals surface area contributed by atoms with Gasteiger partial charge in [0.25, 0.3) is 11.6 Å². The van der Waals surface area contributed by atoms with Gasteiger partial charge < -0.3 is 0 Å². The van der Waals surface area contributed by atoms with E-state index in [0.29, 0.717) is 22.5 Å². The molecule has 1 amide bonds. The molecular weight excluding hydrogens is 476 g/mol. The zero-order valence-electron chi connectivity index (χ0n) is 16.4. The number of aromatic nitrogens is 3. The van der Waals surface area contributed by atoms with E-state index < -0.39 is 4.92 Å². The van der Waals surface area contributed by atoms with E-state index in [1.165, 1.54) is 24.5 Å². The van der Waals surface area contributed by atoms with Gasteiger partial charge in [-0.3, -0.25) is 19.9 Å². The molecule has 9 nitrogen and oxygen atoms in total. The summed E-state index contributed by atoms with van der Waals surface area (Å²) in [5.41, 5.74) is 5.63. The van der Waals surface area contributed by atoms with Gasteiger partial charge in [-0.15, -0.1) is 0 Å². The lowest BCUT2D eigenvalue weighted by molar-refractivity contribution is -0.384. The van der Waals surface area contributed by atoms with Gasteiger partial charge >= 0.3 is 0 Å². The number of benzene rings is 2. The first kappa shape index (κ1) is 21.1. The molecule has 0 unspecified atom stereocenters. The fourth-order valence-corrected chi connectivity index (χ4v) is 3.16. The number of carbonyl (C=O) groups excluding carboxylic acids is 1. The number of rotatable bonds is 6. The third kappa shape index (κ3) is 4.76. The van der Waals surface area contributed by atoms with Crippen molar-refractivity contribution in [3.05, 3.63) is 105 Å². The van der Waals surface area contributed by atoms with Crippen molar-refractivity contribution in [2.75, 3.05) is 0 Å². The third-order valence-corrected chi connectivity index (χ3v) is 5.01. The lowest BCUT2D eigenvalue weighted by Crippen LogP contribution is -2.17. The van der Waals surface area contributed by atoms with Crippen LogP contribution in [-0.2, 0) is 0 Å². The Morgan fingerprint density at radius 3 is 2.53 bits per heavy atom. The highest BCUT2D eigenvalue weighted by Crippen LogP contribution is 2.25. The van der Waals surface area contributed by atoms with E-state index in [1.54, 1.807) is 41.3 Å². The standard InChI is InChI=1S/C22H15BrN6O3/c23-18-5-3-15(4-6-18)21-17(13-25-26-22(30)16-2-1-11-24-12-16)14-28(27-21)19-7-9-20(10-8-19)29(31)32/h1-14H,(H,26,30)/b25-13-. The minimum absolute atomic E-state index is 0.00561. The molecule has 0 spiro atoms. The number of nitro benzene ring substituents is 1. The van der Waals surface area contributed by atoms with E-state index in [1.807, 2.05) is 24.3 Å². The van der Waals surface area contributed by atoms with Crippen molar-refractivity contribution in [3.8, 4) is 16.9 Å². The summed E-state index contributed by atoms with van der Waals surface area (Å²) in [6.45, 7) is 0. The molecule has 0 radical (unpaired) electrons. The Morgan fingerprint density at radius 2 is 1.88 bits per heavy atom. The number of non-ortho nitro benzene ring substituents is 1. The molecule has 0 bridgehead atoms. The van der Waals surface area contributed by atoms with Crippen LogP contribution in [0.5, 0.6) is 0 Å². The molecule has 1 N–H and O–H groups in total. The highest BCUT2D eigenvalue weighted by atomic mass is 79.9. The number of nitrogens with one attached hydrogen (secondary N) is 1. The molecule has 32 heavy (non-hydrogen) atoms. The Bertz CT molecular complexity index is 1290. The molecule has 2 aromatic heterocycles. The summed E-state index contributed by atoms with van der Waals surface area (Å²) in [6.07, 6.45) is 6.26. The van der Waals surface area contributed by atoms with Crippen LogP contribution in [0.4, 0.5) is 5.69 Å². The smallest absolute Gasteiger partial charge is 0.267 e. The molecule has 4 rings (SSSR count). The number of hydrazone groups is 1. The second kappa shape index (κ2) is 9.31. The fourth-order valence-electron chi connectivity index (χ4n) is 2.90. The highest BCUT2D eigenvalue weighted by molar-refractivity contribution is 9.10. The van der Waals surface area contributed by atoms with Gasteiger partial charge in [0.2, 0.25) is 0 Å². The average molecular weight is 491 g/mol. The summed E-state index contributed by atoms with van der Waals surface area (Å²) in [4.78, 5) is 26.6. The normalized spacial score (nSPS) is 10.9. The van der Waals surface area contributed by atoms with Crippen molar-refractivity contribution in [2.45, 2.75) is 0 Å². The second-order valence-corrected chi connectivity index (χ2v) is 7.51. The maximum Gasteiger partial charge on any atom is 0.272 e. The summed E-state index contributed by atoms with van der Waals surface area (Å²) in [7, 11) is 0. The minimum atomic E-state index is -0.455. The minimum Gasteiger partial charge on any atom is -0.267 e. The fraction of sp³-hybridized carbons (Fsp3) is 0. The van der Waals surface area contributed by atoms with Crippen LogP contribution in [0, 0.1) is 10.1 Å². The zero-order chi connectivity index (χ0) is 22.5. The first-order valence-corrected chi connectivity index (χ1v) is 10.1. The van der Waals surface area contributed by atoms with Crippen LogP contribution in [0.25, 0.3) is 16.9 Å². The van der Waals surface area contributed by atoms with Gasteiger partial charge in [0.05, 0.1) is 22.4 Å². The molecule has 0 saturated carbocycles. The molecule has 4 aromatic rings. The molecule has 158 valence electrons. The number of hydrogen-bond acceptors (Lipinski definition) is 6. The van der Waals surface area contributed by atoms with Crippen LogP contribution in [0.2, 0.25) is 0 Å². The topological polar surface area (TPSA) is 115 Å². The number of halogens is 1. The molecular formula is C22H15BrN6O3. The van der Waals surface area contributed by atoms with Crippen LogP contribution in [0.1, 0.15) is 15.9 Å². The molecule has 10 heteroatoms. The second-order valence-electron chi connectivity index (χ2n) is 6.60. The van der Waals surface area contributed by atoms with Crippen LogP contribution >= 0.6 is 15.9 Å². The van der Waals surface area contributed by atoms with E-state index in [4.69, 9.17) is 0 Å². The third-order valence-electron chi connectivity index (χ3n) is 4.48. The van der Waals surface area contributed by atoms with Gasteiger partial charge in [0, 0.05) is 46.3 Å². The van der Waals surface area contributed by atoms with Crippen molar-refractivity contribution in [3.63, 3.8) is 0 Å². The monoisotopic (exact) mass is 490 g/mol. The Labute approximate surface area is 190 Å². The van der Waals surface area contributed by atoms with Crippen LogP contribution < -0.4 is 5.43 Å². The van der Waals surface area contributed by atoms with E-state index in [-0.39, 0.29) is 11.6 Å². The predicted molar refractivity (Wildman–Crippen MR) is 123 cm³/mol. The molecule has 2 aromatic carbocycles. The molecule has 0 aliphatic carbocycles. The van der Waals surface area contributed by atoms with Crippen molar-refractivity contribution >= 4 is 33.7 Å². The summed E-state index contributed by atoms with van der Waals surface area (Å²) < 4.78 is 2.53. The van der Waals surface area contributed by atoms with Gasteiger partial charge in [-0.05, 0) is 36.4 Å². The average Bonchev–Trinajstić information content (AvgIpc) is 3.24. The number of amides is 1. The van der Waals surface area contributed by atoms with Crippen LogP contribution in [-0.4, -0.2) is 31.8 Å². The number of nitrogens with zero attached hydrogens (tertiary/aromatic N) is 5. The van der Waals surface area contributed by atoms with E-state index >= 15 is 0 Å². The maximum atomic E-state index is 12.2. The Morgan fingerprint density at radius 1 is 1.12 bits per heavy atom. The Hall–Kier alpha value is -4.18. The van der Waals surface area contributed by atoms with Crippen molar-refractivity contribution in [1.29, 1.82) is 0 Å². The highest BCUT2D eigenvalue weighted by Gasteiger charge is 2.13. The maximum absolute atomic E-state index is 12.2. The predicted octanol–water partition coefficient (Wildman–Crippen LogP) is 4.37. The first-order chi connectivity index (χ1) is 15.5. The van der Waals surface area contributed by atoms with E-state index in [0.717, 1.165) is 10.0 Å². The van der Waals surface area contributed by atoms with Gasteiger partial charge in [0.1, 0.15) is 5.69 Å². The zero-order valence-corrected chi connectivity index (χ0v) is 18.0. The molecule has 0 aliphatic heterocycles. The molecule has 2 heterocycles. The quantitative estimate of drug-likeness (QED) is 0.244. The molecule has 0 atom stereocenters. The van der Waals surface area contributed by atoms with E-state index in [2.05, 4.69) is 36.5 Å². The summed E-state index contributed by atoms with van der Waals surface area (Å²) in [5, 5.41) is 19.6. The Kier molecular flexibility index (Phi) is 6.13. The summed E-state index contributed by atoms with van der Waals surface area (Å²) >= 11 is 3.42. The number of carbonyl (C=O) groups is 1. The van der Waals surface area contributed by atoms with Crippen molar-refractivity contribution < 1.29 is 9.72 Å². The molecule has 0 aliphatic rings. The molecule has 0 saturated heterocycles. The van der Waals surface area contributed by atoms with Gasteiger partial charge in [-0.1, -0.05) is 28.1 Å². The van der Waals surface area contributed by atoms with E-state index in [9.17, 15) is 14.9 Å². The SMILES string of the molecule is O=C(N/N=C\c1cn(-c2ccc([N+](=O)[O-])cc2)nc1-c1ccc(Br)cc1)c1cccnc1. The van der Waals surface area contributed by atoms with Gasteiger partial charge in [-0.25, -0.2) is 10.1 Å². The van der Waals surface area contributed by atoms with Crippen molar-refractivity contribution in [2.24, 2.45) is 5.10 Å². The molecule has 0 fully saturated rings. The summed E-state index contributed by atoms with van der Waals surface area (Å²) in [5.74, 6) is -0.387. The van der Waals surface area contributed by atoms with Crippen molar-refractivity contribution in [1.82, 2.24) is 20.2 Å². The number of nitro groups is 1. The number of hydrogen-bond donors (Lipinski definition) is 1. The van der Waals surface area contributed by atoms with Gasteiger partial charge in [0.15, 0.2) is 0 Å². The summed E-state index contributed by atoms with van der Waals surface area (Å²) in [6, 6.07) is 16.9. The first-order valence-electron chi connectivity index (χ1n) is 9.35. The van der Waals surface area contributed by atoms with Crippen LogP contribution in [0.15, 0.2) is 88.8 Å². The largest absolute Gasteiger partial charge is 0.272 e. The van der Waals surface area contributed by atoms with Gasteiger partial charge in [-0.2, -0.15) is 10.2 Å². The lowest BCUT2D eigenvalue weighted by Gasteiger charge is -2.01.